The molecule has 30 heavy (non-hydrogen) atoms. The normalized spacial score (nSPS) is 9.60. The highest BCUT2D eigenvalue weighted by molar-refractivity contribution is 7.80. The van der Waals surface area contributed by atoms with E-state index in [2.05, 4.69) is 43.5 Å². The van der Waals surface area contributed by atoms with Crippen molar-refractivity contribution in [2.75, 3.05) is 5.75 Å². The topological polar surface area (TPSA) is 46.5 Å². The van der Waals surface area contributed by atoms with Gasteiger partial charge in [-0.05, 0) is 31.2 Å². The Hall–Kier alpha value is -1.78. The van der Waals surface area contributed by atoms with Gasteiger partial charge in [0.05, 0.1) is 5.56 Å². The number of thiol groups is 1. The zero-order valence-corrected chi connectivity index (χ0v) is 19.7. The monoisotopic (exact) mass is 432 g/mol. The molecule has 0 spiro atoms. The van der Waals surface area contributed by atoms with Crippen molar-refractivity contribution in [1.29, 1.82) is 0 Å². The predicted molar refractivity (Wildman–Crippen MR) is 131 cm³/mol. The molecular weight excluding hydrogens is 392 g/mol. The maximum atomic E-state index is 10.5. The minimum absolute atomic E-state index is 0.338. The van der Waals surface area contributed by atoms with Gasteiger partial charge >= 0.3 is 5.97 Å². The molecule has 168 valence electrons. The summed E-state index contributed by atoms with van der Waals surface area (Å²) in [6.45, 7) is 4.36. The van der Waals surface area contributed by atoms with Gasteiger partial charge in [-0.1, -0.05) is 119 Å². The Morgan fingerprint density at radius 3 is 1.57 bits per heavy atom. The fraction of sp³-hybridized carbons (Fsp3) is 0.500. The zero-order valence-electron chi connectivity index (χ0n) is 18.8. The van der Waals surface area contributed by atoms with Gasteiger partial charge in [0.15, 0.2) is 0 Å². The summed E-state index contributed by atoms with van der Waals surface area (Å²) in [6, 6.07) is 18.5. The molecule has 0 radical (unpaired) electrons. The molecule has 0 aliphatic carbocycles. The molecule has 0 aliphatic rings. The second-order valence-electron chi connectivity index (χ2n) is 7.31. The highest BCUT2D eigenvalue weighted by atomic mass is 32.1. The maximum absolute atomic E-state index is 10.5. The molecule has 0 aliphatic heterocycles. The second kappa shape index (κ2) is 21.9. The molecule has 0 unspecified atom stereocenters. The van der Waals surface area contributed by atoms with Crippen LogP contribution in [-0.4, -0.2) is 17.0 Å². The quantitative estimate of drug-likeness (QED) is 0.163. The predicted octanol–water partition coefficient (Wildman–Crippen LogP) is 8.15. The van der Waals surface area contributed by atoms with Gasteiger partial charge in [-0.2, -0.15) is 17.9 Å². The molecule has 0 atom stereocenters. The van der Waals surface area contributed by atoms with Crippen LogP contribution < -0.4 is 0 Å². The number of rotatable bonds is 11. The third-order valence-electron chi connectivity index (χ3n) is 4.54. The van der Waals surface area contributed by atoms with E-state index in [1.54, 1.807) is 30.3 Å². The molecule has 0 bridgehead atoms. The van der Waals surface area contributed by atoms with Crippen LogP contribution in [0.4, 0.5) is 0 Å². The molecule has 3 nitrogen and oxygen atoms in total. The number of aryl methyl sites for hydroxylation is 1. The van der Waals surface area contributed by atoms with Crippen LogP contribution in [0.2, 0.25) is 0 Å². The van der Waals surface area contributed by atoms with E-state index >= 15 is 0 Å². The molecule has 0 amide bonds. The summed E-state index contributed by atoms with van der Waals surface area (Å²) in [7, 11) is 0. The summed E-state index contributed by atoms with van der Waals surface area (Å²) >= 11 is 4.20. The molecule has 2 aromatic carbocycles. The van der Waals surface area contributed by atoms with Crippen LogP contribution in [0, 0.1) is 6.92 Å². The van der Waals surface area contributed by atoms with Crippen molar-refractivity contribution in [2.45, 2.75) is 78.1 Å². The minimum atomic E-state index is -0.736. The first-order valence-electron chi connectivity index (χ1n) is 11.2. The lowest BCUT2D eigenvalue weighted by Crippen LogP contribution is -2.00. The third-order valence-corrected chi connectivity index (χ3v) is 4.86. The summed E-state index contributed by atoms with van der Waals surface area (Å²) in [5.74, 6) is 0.330. The summed E-state index contributed by atoms with van der Waals surface area (Å²) in [6.07, 6.45) is 14.2. The highest BCUT2D eigenvalue weighted by Crippen LogP contribution is 2.10. The smallest absolute Gasteiger partial charge is 0.296 e. The molecule has 4 heteroatoms. The second-order valence-corrected chi connectivity index (χ2v) is 7.75. The van der Waals surface area contributed by atoms with Gasteiger partial charge in [-0.15, -0.1) is 0 Å². The Morgan fingerprint density at radius 2 is 1.20 bits per heavy atom. The van der Waals surface area contributed by atoms with Gasteiger partial charge in [-0.25, -0.2) is 4.79 Å². The summed E-state index contributed by atoms with van der Waals surface area (Å²) in [4.78, 5) is 14.0. The van der Waals surface area contributed by atoms with Crippen LogP contribution in [0.5, 0.6) is 0 Å². The highest BCUT2D eigenvalue weighted by Gasteiger charge is 2.02. The molecule has 0 aromatic heterocycles. The third kappa shape index (κ3) is 18.3. The number of unbranched alkanes of at least 4 members (excludes halogenated alkanes) is 9. The van der Waals surface area contributed by atoms with E-state index in [0.29, 0.717) is 5.56 Å². The zero-order chi connectivity index (χ0) is 22.3. The average molecular weight is 433 g/mol. The van der Waals surface area contributed by atoms with E-state index in [1.165, 1.54) is 69.8 Å². The van der Waals surface area contributed by atoms with E-state index in [-0.39, 0.29) is 0 Å². The first-order chi connectivity index (χ1) is 14.7. The number of hydrogen-bond donors (Lipinski definition) is 2. The molecule has 0 heterocycles. The maximum Gasteiger partial charge on any atom is 0.372 e. The molecule has 1 N–H and O–H groups in total. The van der Waals surface area contributed by atoms with Gasteiger partial charge in [0.2, 0.25) is 0 Å². The molecule has 2 rings (SSSR count). The van der Waals surface area contributed by atoms with Gasteiger partial charge in [0.25, 0.3) is 0 Å². The Kier molecular flexibility index (Phi) is 20.6. The lowest BCUT2D eigenvalue weighted by molar-refractivity contribution is -0.182. The minimum Gasteiger partial charge on any atom is -0.296 e. The van der Waals surface area contributed by atoms with E-state index in [0.717, 1.165) is 5.75 Å². The Morgan fingerprint density at radius 1 is 0.767 bits per heavy atom. The lowest BCUT2D eigenvalue weighted by Gasteiger charge is -2.00. The number of carbonyl (C=O) groups excluding carboxylic acids is 1. The fourth-order valence-corrected chi connectivity index (χ4v) is 2.98. The standard InChI is InChI=1S/C12H26S.C7H6O3.C7H8/c1-2-3-4-5-6-7-8-9-10-11-12-13;8-7(10-9)6-4-2-1-3-5-6;1-7-5-3-2-4-6-7/h13H,2-12H2,1H3;1-5,9H;2-6H,1H3. The van der Waals surface area contributed by atoms with Crippen LogP contribution >= 0.6 is 12.6 Å². The van der Waals surface area contributed by atoms with E-state index in [4.69, 9.17) is 5.26 Å². The van der Waals surface area contributed by atoms with E-state index in [9.17, 15) is 4.79 Å². The van der Waals surface area contributed by atoms with Crippen LogP contribution in [-0.2, 0) is 4.89 Å². The van der Waals surface area contributed by atoms with Crippen LogP contribution in [0.25, 0.3) is 0 Å². The van der Waals surface area contributed by atoms with E-state index in [1.807, 2.05) is 18.2 Å². The molecule has 0 saturated heterocycles. The molecule has 0 fully saturated rings. The summed E-state index contributed by atoms with van der Waals surface area (Å²) < 4.78 is 0. The average Bonchev–Trinajstić information content (AvgIpc) is 2.79. The van der Waals surface area contributed by atoms with Crippen LogP contribution in [0.3, 0.4) is 0 Å². The Balaban J connectivity index is 0.000000438. The first kappa shape index (κ1) is 28.2. The van der Waals surface area contributed by atoms with Gasteiger partial charge in [0, 0.05) is 0 Å². The largest absolute Gasteiger partial charge is 0.372 e. The van der Waals surface area contributed by atoms with Crippen LogP contribution in [0.1, 0.15) is 87.1 Å². The van der Waals surface area contributed by atoms with Crippen molar-refractivity contribution in [2.24, 2.45) is 0 Å². The van der Waals surface area contributed by atoms with Crippen molar-refractivity contribution < 1.29 is 14.9 Å². The van der Waals surface area contributed by atoms with Crippen molar-refractivity contribution >= 4 is 18.6 Å². The van der Waals surface area contributed by atoms with Gasteiger partial charge in [0.1, 0.15) is 0 Å². The summed E-state index contributed by atoms with van der Waals surface area (Å²) in [5.41, 5.74) is 1.66. The van der Waals surface area contributed by atoms with Gasteiger partial charge in [-0.3, -0.25) is 4.89 Å². The van der Waals surface area contributed by atoms with Crippen molar-refractivity contribution in [1.82, 2.24) is 0 Å². The molecular formula is C26H40O3S. The van der Waals surface area contributed by atoms with Crippen LogP contribution in [0.15, 0.2) is 60.7 Å². The Bertz CT molecular complexity index is 592. The number of hydrogen-bond acceptors (Lipinski definition) is 4. The van der Waals surface area contributed by atoms with Crippen molar-refractivity contribution in [3.05, 3.63) is 71.8 Å². The first-order valence-corrected chi connectivity index (χ1v) is 11.8. The lowest BCUT2D eigenvalue weighted by atomic mass is 10.1. The SMILES string of the molecule is CCCCCCCCCCCCS.Cc1ccccc1.O=C(OO)c1ccccc1. The van der Waals surface area contributed by atoms with Gasteiger partial charge < -0.3 is 0 Å². The van der Waals surface area contributed by atoms with Crippen molar-refractivity contribution in [3.63, 3.8) is 0 Å². The van der Waals surface area contributed by atoms with E-state index < -0.39 is 5.97 Å². The fourth-order valence-electron chi connectivity index (χ4n) is 2.76. The Labute approximate surface area is 189 Å². The number of benzene rings is 2. The summed E-state index contributed by atoms with van der Waals surface area (Å²) in [5, 5.41) is 7.94. The van der Waals surface area contributed by atoms with Crippen molar-refractivity contribution in [3.8, 4) is 0 Å². The molecule has 2 aromatic rings. The molecule has 0 saturated carbocycles. The number of carbonyl (C=O) groups is 1.